The molecule has 1 aromatic carbocycles. The van der Waals surface area contributed by atoms with Gasteiger partial charge in [0.05, 0.1) is 6.61 Å². The molecule has 0 aromatic heterocycles. The molecule has 6 heteroatoms. The van der Waals surface area contributed by atoms with Crippen LogP contribution in [-0.4, -0.2) is 56.7 Å². The molecule has 1 aliphatic rings. The molecule has 21 heavy (non-hydrogen) atoms. The third-order valence-corrected chi connectivity index (χ3v) is 3.62. The van der Waals surface area contributed by atoms with Gasteiger partial charge in [-0.2, -0.15) is 0 Å². The summed E-state index contributed by atoms with van der Waals surface area (Å²) in [5, 5.41) is 2.73. The zero-order chi connectivity index (χ0) is 15.2. The number of benzene rings is 1. The monoisotopic (exact) mass is 291 g/mol. The summed E-state index contributed by atoms with van der Waals surface area (Å²) in [6.07, 6.45) is 0.641. The Balaban J connectivity index is 1.96. The Labute approximate surface area is 124 Å². The van der Waals surface area contributed by atoms with E-state index in [9.17, 15) is 9.59 Å². The van der Waals surface area contributed by atoms with Gasteiger partial charge < -0.3 is 19.9 Å². The van der Waals surface area contributed by atoms with E-state index < -0.39 is 6.04 Å². The Morgan fingerprint density at radius 3 is 2.81 bits per heavy atom. The highest BCUT2D eigenvalue weighted by atomic mass is 16.5. The summed E-state index contributed by atoms with van der Waals surface area (Å²) in [7, 11) is 3.23. The highest BCUT2D eigenvalue weighted by Crippen LogP contribution is 2.23. The van der Waals surface area contributed by atoms with Gasteiger partial charge in [-0.1, -0.05) is 18.2 Å². The highest BCUT2D eigenvalue weighted by molar-refractivity contribution is 6.01. The van der Waals surface area contributed by atoms with Crippen molar-refractivity contribution in [3.05, 3.63) is 30.3 Å². The van der Waals surface area contributed by atoms with Crippen LogP contribution in [0.2, 0.25) is 0 Å². The second-order valence-electron chi connectivity index (χ2n) is 4.97. The van der Waals surface area contributed by atoms with Crippen molar-refractivity contribution >= 4 is 17.6 Å². The number of methoxy groups -OCH3 is 1. The summed E-state index contributed by atoms with van der Waals surface area (Å²) in [5.74, 6) is -0.0365. The van der Waals surface area contributed by atoms with Crippen molar-refractivity contribution in [2.24, 2.45) is 0 Å². The van der Waals surface area contributed by atoms with Gasteiger partial charge in [0, 0.05) is 32.9 Å². The molecule has 114 valence electrons. The molecular formula is C15H21N3O3. The van der Waals surface area contributed by atoms with Crippen LogP contribution in [0, 0.1) is 0 Å². The van der Waals surface area contributed by atoms with Crippen LogP contribution in [0.5, 0.6) is 0 Å². The number of ether oxygens (including phenoxy) is 1. The van der Waals surface area contributed by atoms with Crippen LogP contribution in [0.15, 0.2) is 30.3 Å². The minimum Gasteiger partial charge on any atom is -0.383 e. The molecule has 2 rings (SSSR count). The fourth-order valence-corrected chi connectivity index (χ4v) is 2.41. The van der Waals surface area contributed by atoms with Crippen molar-refractivity contribution < 1.29 is 14.3 Å². The van der Waals surface area contributed by atoms with Crippen LogP contribution in [-0.2, 0) is 9.53 Å². The van der Waals surface area contributed by atoms with Gasteiger partial charge in [-0.05, 0) is 18.6 Å². The molecule has 3 amide bonds. The van der Waals surface area contributed by atoms with Crippen LogP contribution in [0.3, 0.4) is 0 Å². The lowest BCUT2D eigenvalue weighted by Gasteiger charge is -2.24. The molecule has 0 aliphatic carbocycles. The van der Waals surface area contributed by atoms with E-state index >= 15 is 0 Å². The predicted octanol–water partition coefficient (Wildman–Crippen LogP) is 1.08. The third-order valence-electron chi connectivity index (χ3n) is 3.62. The van der Waals surface area contributed by atoms with Crippen molar-refractivity contribution in [1.82, 2.24) is 10.2 Å². The Morgan fingerprint density at radius 2 is 2.14 bits per heavy atom. The number of amides is 3. The Hall–Kier alpha value is -2.08. The maximum atomic E-state index is 12.5. The molecule has 1 atom stereocenters. The first kappa shape index (κ1) is 15.3. The van der Waals surface area contributed by atoms with Crippen LogP contribution >= 0.6 is 0 Å². The Morgan fingerprint density at radius 1 is 1.43 bits per heavy atom. The van der Waals surface area contributed by atoms with Gasteiger partial charge in [-0.3, -0.25) is 4.79 Å². The summed E-state index contributed by atoms with van der Waals surface area (Å²) in [5.41, 5.74) is 0.873. The van der Waals surface area contributed by atoms with Crippen molar-refractivity contribution in [3.8, 4) is 0 Å². The molecule has 0 bridgehead atoms. The van der Waals surface area contributed by atoms with Gasteiger partial charge in [-0.15, -0.1) is 0 Å². The Bertz CT molecular complexity index is 492. The lowest BCUT2D eigenvalue weighted by atomic mass is 10.2. The van der Waals surface area contributed by atoms with Gasteiger partial charge in [0.1, 0.15) is 6.04 Å². The molecule has 6 nitrogen and oxygen atoms in total. The van der Waals surface area contributed by atoms with Crippen molar-refractivity contribution in [2.75, 3.05) is 38.8 Å². The first-order chi connectivity index (χ1) is 10.1. The van der Waals surface area contributed by atoms with E-state index in [1.807, 2.05) is 30.3 Å². The lowest BCUT2D eigenvalue weighted by Crippen LogP contribution is -2.47. The number of carbonyl (C=O) groups is 2. The second-order valence-corrected chi connectivity index (χ2v) is 4.97. The van der Waals surface area contributed by atoms with Crippen LogP contribution < -0.4 is 10.2 Å². The molecule has 1 N–H and O–H groups in total. The van der Waals surface area contributed by atoms with E-state index in [0.717, 1.165) is 5.69 Å². The molecule has 0 radical (unpaired) electrons. The van der Waals surface area contributed by atoms with Crippen molar-refractivity contribution in [2.45, 2.75) is 12.5 Å². The second kappa shape index (κ2) is 7.08. The number of nitrogens with zero attached hydrogens (tertiary/aromatic N) is 2. The predicted molar refractivity (Wildman–Crippen MR) is 80.2 cm³/mol. The molecule has 0 spiro atoms. The molecule has 0 saturated carbocycles. The molecule has 1 heterocycles. The Kier molecular flexibility index (Phi) is 5.16. The number of para-hydroxylation sites is 1. The SMILES string of the molecule is COCCNC(=O)N(C)[C@@H]1CCN(c2ccccc2)C1=O. The number of nitrogens with one attached hydrogen (secondary N) is 1. The van der Waals surface area contributed by atoms with Crippen LogP contribution in [0.25, 0.3) is 0 Å². The summed E-state index contributed by atoms with van der Waals surface area (Å²) in [6, 6.07) is 8.86. The molecule has 0 unspecified atom stereocenters. The maximum Gasteiger partial charge on any atom is 0.317 e. The number of urea groups is 1. The highest BCUT2D eigenvalue weighted by Gasteiger charge is 2.36. The van der Waals surface area contributed by atoms with E-state index in [4.69, 9.17) is 4.74 Å². The average Bonchev–Trinajstić information content (AvgIpc) is 2.89. The van der Waals surface area contributed by atoms with E-state index in [2.05, 4.69) is 5.32 Å². The largest absolute Gasteiger partial charge is 0.383 e. The fourth-order valence-electron chi connectivity index (χ4n) is 2.41. The van der Waals surface area contributed by atoms with E-state index in [-0.39, 0.29) is 11.9 Å². The van der Waals surface area contributed by atoms with Crippen LogP contribution in [0.1, 0.15) is 6.42 Å². The van der Waals surface area contributed by atoms with Crippen molar-refractivity contribution in [3.63, 3.8) is 0 Å². The maximum absolute atomic E-state index is 12.5. The molecule has 1 saturated heterocycles. The van der Waals surface area contributed by atoms with Gasteiger partial charge in [-0.25, -0.2) is 4.79 Å². The molecule has 1 aromatic rings. The zero-order valence-corrected chi connectivity index (χ0v) is 12.4. The van der Waals surface area contributed by atoms with Crippen LogP contribution in [0.4, 0.5) is 10.5 Å². The smallest absolute Gasteiger partial charge is 0.317 e. The quantitative estimate of drug-likeness (QED) is 0.826. The molecular weight excluding hydrogens is 270 g/mol. The summed E-state index contributed by atoms with van der Waals surface area (Å²) < 4.78 is 4.89. The number of anilines is 1. The van der Waals surface area contributed by atoms with E-state index in [1.54, 1.807) is 19.1 Å². The first-order valence-electron chi connectivity index (χ1n) is 7.01. The number of likely N-dealkylation sites (N-methyl/N-ethyl adjacent to an activating group) is 1. The fraction of sp³-hybridized carbons (Fsp3) is 0.467. The number of rotatable bonds is 5. The van der Waals surface area contributed by atoms with E-state index in [1.165, 1.54) is 4.90 Å². The lowest BCUT2D eigenvalue weighted by molar-refractivity contribution is -0.120. The van der Waals surface area contributed by atoms with Gasteiger partial charge in [0.15, 0.2) is 0 Å². The van der Waals surface area contributed by atoms with E-state index in [0.29, 0.717) is 26.1 Å². The molecule has 1 aliphatic heterocycles. The molecule has 1 fully saturated rings. The first-order valence-corrected chi connectivity index (χ1v) is 7.01. The van der Waals surface area contributed by atoms with Crippen molar-refractivity contribution in [1.29, 1.82) is 0 Å². The van der Waals surface area contributed by atoms with Gasteiger partial charge in [0.2, 0.25) is 5.91 Å². The normalized spacial score (nSPS) is 17.9. The number of hydrogen-bond donors (Lipinski definition) is 1. The standard InChI is InChI=1S/C15H21N3O3/c1-17(15(20)16-9-11-21-2)13-8-10-18(14(13)19)12-6-4-3-5-7-12/h3-7,13H,8-11H2,1-2H3,(H,16,20)/t13-/m1/s1. The summed E-state index contributed by atoms with van der Waals surface area (Å²) >= 11 is 0. The minimum absolute atomic E-state index is 0.0365. The minimum atomic E-state index is -0.409. The number of carbonyl (C=O) groups excluding carboxylic acids is 2. The van der Waals surface area contributed by atoms with Gasteiger partial charge in [0.25, 0.3) is 0 Å². The topological polar surface area (TPSA) is 61.9 Å². The third kappa shape index (κ3) is 3.52. The summed E-state index contributed by atoms with van der Waals surface area (Å²) in [6.45, 7) is 1.51. The number of hydrogen-bond acceptors (Lipinski definition) is 3. The average molecular weight is 291 g/mol. The summed E-state index contributed by atoms with van der Waals surface area (Å²) in [4.78, 5) is 27.6. The van der Waals surface area contributed by atoms with Gasteiger partial charge >= 0.3 is 6.03 Å². The zero-order valence-electron chi connectivity index (χ0n) is 12.4.